The van der Waals surface area contributed by atoms with Crippen molar-refractivity contribution < 1.29 is 0 Å². The second kappa shape index (κ2) is 4.89. The van der Waals surface area contributed by atoms with Gasteiger partial charge in [0.2, 0.25) is 0 Å². The third-order valence-corrected chi connectivity index (χ3v) is 4.71. The first-order valence-electron chi connectivity index (χ1n) is 6.88. The molecule has 0 amide bonds. The monoisotopic (exact) mass is 270 g/mol. The molecule has 0 atom stereocenters. The van der Waals surface area contributed by atoms with Gasteiger partial charge in [-0.1, -0.05) is 49.7 Å². The lowest BCUT2D eigenvalue weighted by atomic mass is 9.69. The number of hydrogen-bond donors (Lipinski definition) is 1. The third kappa shape index (κ3) is 2.12. The fraction of sp³-hybridized carbons (Fsp3) is 0.375. The van der Waals surface area contributed by atoms with Gasteiger partial charge in [0.05, 0.1) is 10.5 Å². The average Bonchev–Trinajstić information content (AvgIpc) is 2.47. The van der Waals surface area contributed by atoms with Crippen LogP contribution in [0, 0.1) is 0 Å². The minimum Gasteiger partial charge on any atom is -0.393 e. The van der Waals surface area contributed by atoms with Gasteiger partial charge in [0, 0.05) is 17.0 Å². The summed E-state index contributed by atoms with van der Waals surface area (Å²) in [6.45, 7) is 0. The van der Waals surface area contributed by atoms with Gasteiger partial charge in [0.15, 0.2) is 0 Å². The SMILES string of the molecule is NC(=S)C1(c2cnc3ccccc3c2)CCCCC1. The van der Waals surface area contributed by atoms with Crippen LogP contribution in [0.15, 0.2) is 36.5 Å². The van der Waals surface area contributed by atoms with Gasteiger partial charge in [0.1, 0.15) is 0 Å². The number of nitrogens with two attached hydrogens (primary N) is 1. The van der Waals surface area contributed by atoms with Crippen LogP contribution in [0.4, 0.5) is 0 Å². The lowest BCUT2D eigenvalue weighted by Gasteiger charge is -2.36. The molecule has 2 aromatic rings. The van der Waals surface area contributed by atoms with Crippen molar-refractivity contribution in [2.75, 3.05) is 0 Å². The molecule has 0 unspecified atom stereocenters. The molecule has 0 spiro atoms. The molecule has 0 bridgehead atoms. The number of aromatic nitrogens is 1. The minimum atomic E-state index is -0.134. The lowest BCUT2D eigenvalue weighted by molar-refractivity contribution is 0.381. The van der Waals surface area contributed by atoms with Crippen LogP contribution in [-0.2, 0) is 5.41 Å². The van der Waals surface area contributed by atoms with Crippen LogP contribution in [0.25, 0.3) is 10.9 Å². The van der Waals surface area contributed by atoms with Crippen LogP contribution in [0.5, 0.6) is 0 Å². The molecule has 0 saturated heterocycles. The Hall–Kier alpha value is -1.48. The van der Waals surface area contributed by atoms with E-state index in [0.717, 1.165) is 18.4 Å². The summed E-state index contributed by atoms with van der Waals surface area (Å²) in [6.07, 6.45) is 7.76. The fourth-order valence-electron chi connectivity index (χ4n) is 3.17. The van der Waals surface area contributed by atoms with Gasteiger partial charge in [-0.05, 0) is 30.5 Å². The van der Waals surface area contributed by atoms with Gasteiger partial charge in [-0.2, -0.15) is 0 Å². The van der Waals surface area contributed by atoms with Gasteiger partial charge in [-0.15, -0.1) is 0 Å². The molecule has 1 saturated carbocycles. The molecule has 0 aliphatic heterocycles. The van der Waals surface area contributed by atoms with Gasteiger partial charge in [0.25, 0.3) is 0 Å². The van der Waals surface area contributed by atoms with E-state index in [4.69, 9.17) is 18.0 Å². The normalized spacial score (nSPS) is 18.3. The summed E-state index contributed by atoms with van der Waals surface area (Å²) < 4.78 is 0. The number of nitrogens with zero attached hydrogens (tertiary/aromatic N) is 1. The second-order valence-corrected chi connectivity index (χ2v) is 5.86. The number of para-hydroxylation sites is 1. The summed E-state index contributed by atoms with van der Waals surface area (Å²) >= 11 is 5.38. The average molecular weight is 270 g/mol. The Morgan fingerprint density at radius 3 is 2.63 bits per heavy atom. The van der Waals surface area contributed by atoms with Crippen molar-refractivity contribution >= 4 is 28.1 Å². The largest absolute Gasteiger partial charge is 0.393 e. The molecule has 1 aromatic heterocycles. The minimum absolute atomic E-state index is 0.134. The van der Waals surface area contributed by atoms with E-state index in [1.807, 2.05) is 24.4 Å². The smallest absolute Gasteiger partial charge is 0.0835 e. The quantitative estimate of drug-likeness (QED) is 0.845. The van der Waals surface area contributed by atoms with E-state index in [2.05, 4.69) is 17.1 Å². The molecule has 0 radical (unpaired) electrons. The van der Waals surface area contributed by atoms with E-state index in [1.165, 1.54) is 30.2 Å². The highest BCUT2D eigenvalue weighted by atomic mass is 32.1. The fourth-order valence-corrected chi connectivity index (χ4v) is 3.49. The van der Waals surface area contributed by atoms with Crippen LogP contribution in [0.1, 0.15) is 37.7 Å². The lowest BCUT2D eigenvalue weighted by Crippen LogP contribution is -2.41. The molecular weight excluding hydrogens is 252 g/mol. The summed E-state index contributed by atoms with van der Waals surface area (Å²) in [4.78, 5) is 5.20. The van der Waals surface area contributed by atoms with E-state index in [-0.39, 0.29) is 5.41 Å². The van der Waals surface area contributed by atoms with E-state index < -0.39 is 0 Å². The maximum atomic E-state index is 6.08. The first-order chi connectivity index (χ1) is 9.22. The zero-order valence-corrected chi connectivity index (χ0v) is 11.7. The molecule has 1 aliphatic rings. The van der Waals surface area contributed by atoms with Gasteiger partial charge in [-0.3, -0.25) is 4.98 Å². The number of pyridine rings is 1. The highest BCUT2D eigenvalue weighted by Crippen LogP contribution is 2.40. The van der Waals surface area contributed by atoms with Crippen molar-refractivity contribution in [3.8, 4) is 0 Å². The Kier molecular flexibility index (Phi) is 3.23. The van der Waals surface area contributed by atoms with E-state index in [0.29, 0.717) is 4.99 Å². The summed E-state index contributed by atoms with van der Waals surface area (Å²) in [5, 5.41) is 1.17. The molecule has 1 fully saturated rings. The molecule has 3 rings (SSSR count). The first kappa shape index (κ1) is 12.5. The summed E-state index contributed by atoms with van der Waals surface area (Å²) in [6, 6.07) is 10.4. The molecule has 1 aliphatic carbocycles. The van der Waals surface area contributed by atoms with Gasteiger partial charge < -0.3 is 5.73 Å². The number of fused-ring (bicyclic) bond motifs is 1. The van der Waals surface area contributed by atoms with E-state index in [9.17, 15) is 0 Å². The van der Waals surface area contributed by atoms with Crippen molar-refractivity contribution in [1.82, 2.24) is 4.98 Å². The Bertz CT molecular complexity index is 615. The van der Waals surface area contributed by atoms with E-state index in [1.54, 1.807) is 0 Å². The first-order valence-corrected chi connectivity index (χ1v) is 7.28. The van der Waals surface area contributed by atoms with Crippen molar-refractivity contribution in [1.29, 1.82) is 0 Å². The van der Waals surface area contributed by atoms with Crippen LogP contribution >= 0.6 is 12.2 Å². The zero-order chi connectivity index (χ0) is 13.3. The molecule has 19 heavy (non-hydrogen) atoms. The van der Waals surface area contributed by atoms with Gasteiger partial charge >= 0.3 is 0 Å². The Morgan fingerprint density at radius 1 is 1.16 bits per heavy atom. The Balaban J connectivity index is 2.12. The standard InChI is InChI=1S/C16H18N2S/c17-15(19)16(8-4-1-5-9-16)13-10-12-6-2-3-7-14(12)18-11-13/h2-3,6-7,10-11H,1,4-5,8-9H2,(H2,17,19). The highest BCUT2D eigenvalue weighted by molar-refractivity contribution is 7.80. The maximum Gasteiger partial charge on any atom is 0.0835 e. The Labute approximate surface area is 119 Å². The predicted octanol–water partition coefficient (Wildman–Crippen LogP) is 3.72. The number of hydrogen-bond acceptors (Lipinski definition) is 2. The van der Waals surface area contributed by atoms with Crippen molar-refractivity contribution in [3.63, 3.8) is 0 Å². The molecule has 3 heteroatoms. The van der Waals surface area contributed by atoms with Crippen LogP contribution in [0.3, 0.4) is 0 Å². The molecule has 1 heterocycles. The number of rotatable bonds is 2. The molecular formula is C16H18N2S. The van der Waals surface area contributed by atoms with Crippen molar-refractivity contribution in [3.05, 3.63) is 42.1 Å². The number of benzene rings is 1. The van der Waals surface area contributed by atoms with Crippen LogP contribution in [0.2, 0.25) is 0 Å². The summed E-state index contributed by atoms with van der Waals surface area (Å²) in [7, 11) is 0. The summed E-state index contributed by atoms with van der Waals surface area (Å²) in [5.41, 5.74) is 8.17. The zero-order valence-electron chi connectivity index (χ0n) is 10.9. The molecule has 98 valence electrons. The molecule has 2 nitrogen and oxygen atoms in total. The van der Waals surface area contributed by atoms with Crippen molar-refractivity contribution in [2.24, 2.45) is 5.73 Å². The molecule has 1 aromatic carbocycles. The summed E-state index contributed by atoms with van der Waals surface area (Å²) in [5.74, 6) is 0. The topological polar surface area (TPSA) is 38.9 Å². The van der Waals surface area contributed by atoms with Crippen LogP contribution in [-0.4, -0.2) is 9.97 Å². The van der Waals surface area contributed by atoms with Crippen LogP contribution < -0.4 is 5.73 Å². The maximum absolute atomic E-state index is 6.08. The van der Waals surface area contributed by atoms with E-state index >= 15 is 0 Å². The Morgan fingerprint density at radius 2 is 1.89 bits per heavy atom. The molecule has 2 N–H and O–H groups in total. The third-order valence-electron chi connectivity index (χ3n) is 4.32. The predicted molar refractivity (Wildman–Crippen MR) is 83.3 cm³/mol. The van der Waals surface area contributed by atoms with Crippen molar-refractivity contribution in [2.45, 2.75) is 37.5 Å². The number of thiocarbonyl (C=S) groups is 1. The van der Waals surface area contributed by atoms with Gasteiger partial charge in [-0.25, -0.2) is 0 Å². The highest BCUT2D eigenvalue weighted by Gasteiger charge is 2.37. The second-order valence-electron chi connectivity index (χ2n) is 5.42.